The number of imide groups is 2. The highest BCUT2D eigenvalue weighted by atomic mass is 16.9. The summed E-state index contributed by atoms with van der Waals surface area (Å²) >= 11 is 0. The van der Waals surface area contributed by atoms with Gasteiger partial charge < -0.3 is 9.68 Å². The average Bonchev–Trinajstić information content (AvgIpc) is 2.89. The molecular weight excluding hydrogens is 276 g/mol. The summed E-state index contributed by atoms with van der Waals surface area (Å²) in [6.07, 6.45) is -1.33. The summed E-state index contributed by atoms with van der Waals surface area (Å²) in [6.45, 7) is 0. The second-order valence-electron chi connectivity index (χ2n) is 3.88. The van der Waals surface area contributed by atoms with E-state index in [4.69, 9.17) is 0 Å². The van der Waals surface area contributed by atoms with Crippen LogP contribution in [-0.2, 0) is 28.9 Å². The van der Waals surface area contributed by atoms with Gasteiger partial charge in [-0.1, -0.05) is 0 Å². The van der Waals surface area contributed by atoms with E-state index in [-0.39, 0.29) is 25.7 Å². The molecule has 2 rings (SSSR count). The minimum atomic E-state index is -1.38. The maximum Gasteiger partial charge on any atom is 0.550 e. The summed E-state index contributed by atoms with van der Waals surface area (Å²) in [7, 11) is 0. The van der Waals surface area contributed by atoms with E-state index in [9.17, 15) is 24.0 Å². The monoisotopic (exact) mass is 286 g/mol. The van der Waals surface area contributed by atoms with Gasteiger partial charge >= 0.3 is 6.16 Å². The molecule has 4 amide bonds. The van der Waals surface area contributed by atoms with E-state index < -0.39 is 29.8 Å². The van der Waals surface area contributed by atoms with Crippen LogP contribution < -0.4 is 11.2 Å². The summed E-state index contributed by atoms with van der Waals surface area (Å²) < 4.78 is 0. The van der Waals surface area contributed by atoms with Crippen LogP contribution in [0.5, 0.6) is 0 Å². The van der Waals surface area contributed by atoms with Crippen molar-refractivity contribution >= 4 is 29.8 Å². The van der Waals surface area contributed by atoms with E-state index >= 15 is 0 Å². The standard InChI is InChI=1S/C9H10N4O7/c14-5-1-2-6(15)12(5)10-19-9(18)20-11-13-7(16)3-4-8(13)17/h10-11H,1-4H2. The minimum absolute atomic E-state index is 0.0132. The second-order valence-corrected chi connectivity index (χ2v) is 3.88. The molecule has 0 radical (unpaired) electrons. The van der Waals surface area contributed by atoms with E-state index in [1.807, 2.05) is 11.2 Å². The number of hydrazine groups is 2. The van der Waals surface area contributed by atoms with Gasteiger partial charge in [0.05, 0.1) is 0 Å². The van der Waals surface area contributed by atoms with Gasteiger partial charge in [-0.05, 0) is 11.2 Å². The van der Waals surface area contributed by atoms with Crippen molar-refractivity contribution in [2.45, 2.75) is 25.7 Å². The van der Waals surface area contributed by atoms with Crippen LogP contribution >= 0.6 is 0 Å². The molecule has 0 aromatic rings. The predicted molar refractivity (Wildman–Crippen MR) is 56.0 cm³/mol. The molecule has 2 fully saturated rings. The average molecular weight is 286 g/mol. The molecule has 2 saturated heterocycles. The van der Waals surface area contributed by atoms with Gasteiger partial charge in [-0.3, -0.25) is 19.2 Å². The summed E-state index contributed by atoms with van der Waals surface area (Å²) in [5.41, 5.74) is 3.62. The Balaban J connectivity index is 1.73. The van der Waals surface area contributed by atoms with Gasteiger partial charge in [0.1, 0.15) is 0 Å². The van der Waals surface area contributed by atoms with Gasteiger partial charge in [-0.15, -0.1) is 0 Å². The van der Waals surface area contributed by atoms with Crippen LogP contribution in [0.3, 0.4) is 0 Å². The Morgan fingerprint density at radius 2 is 1.05 bits per heavy atom. The van der Waals surface area contributed by atoms with E-state index in [0.29, 0.717) is 10.0 Å². The van der Waals surface area contributed by atoms with Crippen LogP contribution in [-0.4, -0.2) is 39.8 Å². The number of nitrogens with one attached hydrogen (secondary N) is 2. The lowest BCUT2D eigenvalue weighted by Gasteiger charge is -2.16. The van der Waals surface area contributed by atoms with Crippen LogP contribution in [0.15, 0.2) is 0 Å². The normalized spacial score (nSPS) is 19.0. The van der Waals surface area contributed by atoms with Crippen molar-refractivity contribution in [1.29, 1.82) is 0 Å². The van der Waals surface area contributed by atoms with Crippen molar-refractivity contribution in [2.24, 2.45) is 0 Å². The second kappa shape index (κ2) is 5.63. The smallest absolute Gasteiger partial charge is 0.316 e. The first-order valence-electron chi connectivity index (χ1n) is 5.59. The molecule has 0 aromatic carbocycles. The number of hydrogen-bond donors (Lipinski definition) is 2. The molecule has 108 valence electrons. The minimum Gasteiger partial charge on any atom is -0.316 e. The van der Waals surface area contributed by atoms with E-state index in [2.05, 4.69) is 9.68 Å². The third kappa shape index (κ3) is 2.89. The van der Waals surface area contributed by atoms with Crippen molar-refractivity contribution in [3.05, 3.63) is 0 Å². The number of amides is 4. The number of carbonyl (C=O) groups excluding carboxylic acids is 5. The van der Waals surface area contributed by atoms with E-state index in [1.165, 1.54) is 0 Å². The molecule has 20 heavy (non-hydrogen) atoms. The van der Waals surface area contributed by atoms with Crippen LogP contribution in [0.4, 0.5) is 4.79 Å². The Kier molecular flexibility index (Phi) is 3.91. The lowest BCUT2D eigenvalue weighted by Crippen LogP contribution is -2.46. The highest BCUT2D eigenvalue weighted by Gasteiger charge is 2.32. The Labute approximate surface area is 111 Å². The van der Waals surface area contributed by atoms with Crippen molar-refractivity contribution in [3.63, 3.8) is 0 Å². The van der Waals surface area contributed by atoms with Crippen molar-refractivity contribution < 1.29 is 33.6 Å². The maximum absolute atomic E-state index is 11.1. The lowest BCUT2D eigenvalue weighted by atomic mass is 10.4. The zero-order chi connectivity index (χ0) is 14.7. The fourth-order valence-corrected chi connectivity index (χ4v) is 1.54. The van der Waals surface area contributed by atoms with Crippen molar-refractivity contribution in [2.75, 3.05) is 0 Å². The molecule has 2 heterocycles. The maximum atomic E-state index is 11.1. The van der Waals surface area contributed by atoms with Gasteiger partial charge in [0.25, 0.3) is 0 Å². The van der Waals surface area contributed by atoms with E-state index in [1.54, 1.807) is 0 Å². The number of nitrogens with zero attached hydrogens (tertiary/aromatic N) is 2. The first-order chi connectivity index (χ1) is 9.49. The molecule has 0 bridgehead atoms. The molecule has 0 saturated carbocycles. The third-order valence-electron chi connectivity index (χ3n) is 2.54. The molecule has 2 aliphatic heterocycles. The number of rotatable bonds is 4. The molecule has 2 N–H and O–H groups in total. The molecule has 0 atom stereocenters. The lowest BCUT2D eigenvalue weighted by molar-refractivity contribution is -0.162. The SMILES string of the molecule is O=C(ONN1C(=O)CCC1=O)ONN1C(=O)CCC1=O. The first kappa shape index (κ1) is 13.9. The molecule has 0 aromatic heterocycles. The highest BCUT2D eigenvalue weighted by molar-refractivity contribution is 6.01. The van der Waals surface area contributed by atoms with Gasteiger partial charge in [0.15, 0.2) is 0 Å². The number of hydrogen-bond acceptors (Lipinski definition) is 9. The summed E-state index contributed by atoms with van der Waals surface area (Å²) in [6, 6.07) is 0. The zero-order valence-corrected chi connectivity index (χ0v) is 10.1. The summed E-state index contributed by atoms with van der Waals surface area (Å²) in [4.78, 5) is 64.2. The van der Waals surface area contributed by atoms with Crippen LogP contribution in [0.2, 0.25) is 0 Å². The molecule has 11 heteroatoms. The van der Waals surface area contributed by atoms with E-state index in [0.717, 1.165) is 0 Å². The number of carbonyl (C=O) groups is 5. The quantitative estimate of drug-likeness (QED) is 0.456. The third-order valence-corrected chi connectivity index (χ3v) is 2.54. The van der Waals surface area contributed by atoms with Crippen LogP contribution in [0, 0.1) is 0 Å². The zero-order valence-electron chi connectivity index (χ0n) is 10.1. The van der Waals surface area contributed by atoms with Gasteiger partial charge in [-0.25, -0.2) is 0 Å². The summed E-state index contributed by atoms with van der Waals surface area (Å²) in [5.74, 6) is -2.22. The highest BCUT2D eigenvalue weighted by Crippen LogP contribution is 2.09. The Morgan fingerprint density at radius 1 is 0.750 bits per heavy atom. The van der Waals surface area contributed by atoms with Crippen molar-refractivity contribution in [3.8, 4) is 0 Å². The molecular formula is C9H10N4O7. The fraction of sp³-hybridized carbons (Fsp3) is 0.444. The molecule has 11 nitrogen and oxygen atoms in total. The van der Waals surface area contributed by atoms with Crippen LogP contribution in [0.1, 0.15) is 25.7 Å². The first-order valence-corrected chi connectivity index (χ1v) is 5.59. The molecule has 2 aliphatic rings. The van der Waals surface area contributed by atoms with Gasteiger partial charge in [0, 0.05) is 25.7 Å². The molecule has 0 unspecified atom stereocenters. The molecule has 0 aliphatic carbocycles. The predicted octanol–water partition coefficient (Wildman–Crippen LogP) is -1.72. The Bertz CT molecular complexity index is 417. The molecule has 0 spiro atoms. The van der Waals surface area contributed by atoms with Crippen molar-refractivity contribution in [1.82, 2.24) is 21.2 Å². The van der Waals surface area contributed by atoms with Crippen LogP contribution in [0.25, 0.3) is 0 Å². The van der Waals surface area contributed by atoms with Gasteiger partial charge in [-0.2, -0.15) is 14.8 Å². The van der Waals surface area contributed by atoms with Gasteiger partial charge in [0.2, 0.25) is 23.6 Å². The summed E-state index contributed by atoms with van der Waals surface area (Å²) in [5, 5.41) is 1.04. The largest absolute Gasteiger partial charge is 0.550 e. The topological polar surface area (TPSA) is 134 Å². The fourth-order valence-electron chi connectivity index (χ4n) is 1.54. The Hall–Kier alpha value is -2.53. The Morgan fingerprint density at radius 3 is 1.35 bits per heavy atom.